The van der Waals surface area contributed by atoms with Crippen molar-refractivity contribution in [3.63, 3.8) is 0 Å². The highest BCUT2D eigenvalue weighted by molar-refractivity contribution is 5.75. The van der Waals surface area contributed by atoms with Crippen LogP contribution < -0.4 is 5.32 Å². The van der Waals surface area contributed by atoms with Crippen LogP contribution in [0.4, 0.5) is 0 Å². The summed E-state index contributed by atoms with van der Waals surface area (Å²) in [6.45, 7) is 7.93. The van der Waals surface area contributed by atoms with Gasteiger partial charge in [-0.15, -0.1) is 0 Å². The maximum Gasteiger partial charge on any atom is 0.322 e. The Kier molecular flexibility index (Phi) is 5.72. The van der Waals surface area contributed by atoms with E-state index in [1.54, 1.807) is 13.8 Å². The third kappa shape index (κ3) is 5.19. The van der Waals surface area contributed by atoms with Gasteiger partial charge in [-0.3, -0.25) is 10.1 Å². The molecule has 84 valence electrons. The molecule has 0 spiro atoms. The molecule has 1 atom stereocenters. The van der Waals surface area contributed by atoms with Gasteiger partial charge in [0.15, 0.2) is 0 Å². The van der Waals surface area contributed by atoms with Gasteiger partial charge in [-0.1, -0.05) is 0 Å². The fourth-order valence-electron chi connectivity index (χ4n) is 1.26. The Balaban J connectivity index is 4.03. The number of hydrogen-bond donors (Lipinski definition) is 2. The molecule has 1 unspecified atom stereocenters. The van der Waals surface area contributed by atoms with Crippen molar-refractivity contribution in [2.45, 2.75) is 45.7 Å². The Morgan fingerprint density at radius 1 is 1.57 bits per heavy atom. The van der Waals surface area contributed by atoms with Gasteiger partial charge in [-0.05, 0) is 34.1 Å². The van der Waals surface area contributed by atoms with Crippen LogP contribution in [0.15, 0.2) is 0 Å². The number of carbonyl (C=O) groups excluding carboxylic acids is 1. The molecule has 0 saturated carbocycles. The van der Waals surface area contributed by atoms with Crippen molar-refractivity contribution in [3.8, 4) is 0 Å². The Morgan fingerprint density at radius 2 is 2.14 bits per heavy atom. The predicted octanol–water partition coefficient (Wildman–Crippen LogP) is 0.689. The summed E-state index contributed by atoms with van der Waals surface area (Å²) < 4.78 is 4.86. The highest BCUT2D eigenvalue weighted by atomic mass is 16.5. The van der Waals surface area contributed by atoms with Gasteiger partial charge in [0.1, 0.15) is 6.04 Å². The molecule has 0 aliphatic heterocycles. The molecule has 0 aliphatic carbocycles. The highest BCUT2D eigenvalue weighted by Crippen LogP contribution is 2.08. The van der Waals surface area contributed by atoms with Gasteiger partial charge in [-0.25, -0.2) is 0 Å². The molecule has 0 radical (unpaired) electrons. The van der Waals surface area contributed by atoms with Crippen LogP contribution >= 0.6 is 0 Å². The lowest BCUT2D eigenvalue weighted by molar-refractivity contribution is -0.145. The van der Waals surface area contributed by atoms with Gasteiger partial charge in [0.2, 0.25) is 0 Å². The Hall–Kier alpha value is -0.610. The molecule has 0 aromatic carbocycles. The van der Waals surface area contributed by atoms with E-state index in [2.05, 4.69) is 5.32 Å². The Bertz CT molecular complexity index is 180. The first kappa shape index (κ1) is 13.4. The van der Waals surface area contributed by atoms with Gasteiger partial charge < -0.3 is 9.84 Å². The summed E-state index contributed by atoms with van der Waals surface area (Å²) >= 11 is 0. The summed E-state index contributed by atoms with van der Waals surface area (Å²) in [6.07, 6.45) is 0.608. The van der Waals surface area contributed by atoms with Gasteiger partial charge >= 0.3 is 5.97 Å². The molecule has 0 aromatic rings. The molecule has 0 bridgehead atoms. The van der Waals surface area contributed by atoms with Crippen LogP contribution in [0.2, 0.25) is 0 Å². The molecule has 0 aromatic heterocycles. The molecule has 14 heavy (non-hydrogen) atoms. The first-order valence-corrected chi connectivity index (χ1v) is 4.98. The van der Waals surface area contributed by atoms with E-state index in [1.807, 2.05) is 13.8 Å². The Labute approximate surface area is 85.6 Å². The van der Waals surface area contributed by atoms with E-state index in [-0.39, 0.29) is 24.2 Å². The molecule has 4 nitrogen and oxygen atoms in total. The van der Waals surface area contributed by atoms with Gasteiger partial charge in [0.25, 0.3) is 0 Å². The number of rotatable bonds is 6. The minimum absolute atomic E-state index is 0.107. The van der Waals surface area contributed by atoms with Crippen LogP contribution in [0.1, 0.15) is 34.1 Å². The average molecular weight is 203 g/mol. The van der Waals surface area contributed by atoms with Crippen molar-refractivity contribution >= 4 is 5.97 Å². The van der Waals surface area contributed by atoms with Crippen molar-refractivity contribution in [3.05, 3.63) is 0 Å². The molecule has 4 heteroatoms. The maximum atomic E-state index is 11.3. The molecule has 0 fully saturated rings. The standard InChI is InChI=1S/C10H21NO3/c1-5-14-9(13)8(2)11-10(3,4)6-7-12/h8,11-12H,5-7H2,1-4H3. The monoisotopic (exact) mass is 203 g/mol. The third-order valence-electron chi connectivity index (χ3n) is 1.98. The number of nitrogens with one attached hydrogen (secondary N) is 1. The lowest BCUT2D eigenvalue weighted by Gasteiger charge is -2.28. The predicted molar refractivity (Wildman–Crippen MR) is 55.0 cm³/mol. The summed E-state index contributed by atoms with van der Waals surface area (Å²) in [5, 5.41) is 11.9. The zero-order valence-electron chi connectivity index (χ0n) is 9.46. The Morgan fingerprint density at radius 3 is 2.57 bits per heavy atom. The maximum absolute atomic E-state index is 11.3. The quantitative estimate of drug-likeness (QED) is 0.624. The fraction of sp³-hybridized carbons (Fsp3) is 0.900. The topological polar surface area (TPSA) is 58.6 Å². The normalized spacial score (nSPS) is 13.8. The lowest BCUT2D eigenvalue weighted by Crippen LogP contribution is -2.49. The number of aliphatic hydroxyl groups excluding tert-OH is 1. The molecular weight excluding hydrogens is 182 g/mol. The van der Waals surface area contributed by atoms with Crippen LogP contribution in [0.25, 0.3) is 0 Å². The molecular formula is C10H21NO3. The van der Waals surface area contributed by atoms with Crippen LogP contribution in [-0.4, -0.2) is 35.9 Å². The summed E-state index contributed by atoms with van der Waals surface area (Å²) in [7, 11) is 0. The summed E-state index contributed by atoms with van der Waals surface area (Å²) in [5.74, 6) is -0.251. The van der Waals surface area contributed by atoms with Crippen molar-refractivity contribution in [1.82, 2.24) is 5.32 Å². The molecule has 0 heterocycles. The van der Waals surface area contributed by atoms with Crippen molar-refractivity contribution in [1.29, 1.82) is 0 Å². The van der Waals surface area contributed by atoms with Crippen LogP contribution in [0, 0.1) is 0 Å². The fourth-order valence-corrected chi connectivity index (χ4v) is 1.26. The van der Waals surface area contributed by atoms with E-state index in [9.17, 15) is 4.79 Å². The van der Waals surface area contributed by atoms with E-state index in [0.29, 0.717) is 13.0 Å². The number of hydrogen-bond acceptors (Lipinski definition) is 4. The average Bonchev–Trinajstić information content (AvgIpc) is 2.03. The largest absolute Gasteiger partial charge is 0.465 e. The molecule has 0 aliphatic rings. The zero-order valence-corrected chi connectivity index (χ0v) is 9.46. The van der Waals surface area contributed by atoms with Crippen LogP contribution in [0.5, 0.6) is 0 Å². The van der Waals surface area contributed by atoms with E-state index in [1.165, 1.54) is 0 Å². The smallest absolute Gasteiger partial charge is 0.322 e. The number of ether oxygens (including phenoxy) is 1. The molecule has 0 amide bonds. The molecule has 0 saturated heterocycles. The van der Waals surface area contributed by atoms with Gasteiger partial charge in [0.05, 0.1) is 6.61 Å². The second-order valence-electron chi connectivity index (χ2n) is 3.98. The third-order valence-corrected chi connectivity index (χ3v) is 1.98. The second-order valence-corrected chi connectivity index (χ2v) is 3.98. The lowest BCUT2D eigenvalue weighted by atomic mass is 10.00. The summed E-state index contributed by atoms with van der Waals surface area (Å²) in [5.41, 5.74) is -0.249. The first-order chi connectivity index (χ1) is 6.43. The highest BCUT2D eigenvalue weighted by Gasteiger charge is 2.23. The summed E-state index contributed by atoms with van der Waals surface area (Å²) in [4.78, 5) is 11.3. The minimum atomic E-state index is -0.337. The SMILES string of the molecule is CCOC(=O)C(C)NC(C)(C)CCO. The van der Waals surface area contributed by atoms with Crippen LogP contribution in [-0.2, 0) is 9.53 Å². The van der Waals surface area contributed by atoms with Gasteiger partial charge in [0, 0.05) is 12.1 Å². The zero-order chi connectivity index (χ0) is 11.2. The van der Waals surface area contributed by atoms with Crippen molar-refractivity contribution in [2.75, 3.05) is 13.2 Å². The van der Waals surface area contributed by atoms with Crippen LogP contribution in [0.3, 0.4) is 0 Å². The van der Waals surface area contributed by atoms with Gasteiger partial charge in [-0.2, -0.15) is 0 Å². The molecule has 2 N–H and O–H groups in total. The first-order valence-electron chi connectivity index (χ1n) is 4.98. The second kappa shape index (κ2) is 5.98. The number of esters is 1. The van der Waals surface area contributed by atoms with E-state index >= 15 is 0 Å². The van der Waals surface area contributed by atoms with E-state index in [4.69, 9.17) is 9.84 Å². The van der Waals surface area contributed by atoms with E-state index < -0.39 is 0 Å². The molecule has 0 rings (SSSR count). The van der Waals surface area contributed by atoms with E-state index in [0.717, 1.165) is 0 Å². The summed E-state index contributed by atoms with van der Waals surface area (Å²) in [6, 6.07) is -0.337. The number of carbonyl (C=O) groups is 1. The minimum Gasteiger partial charge on any atom is -0.465 e. The van der Waals surface area contributed by atoms with Crippen molar-refractivity contribution < 1.29 is 14.6 Å². The van der Waals surface area contributed by atoms with Crippen molar-refractivity contribution in [2.24, 2.45) is 0 Å². The number of aliphatic hydroxyl groups is 1.